The molecule has 1 aromatic carbocycles. The number of nitrogens with one attached hydrogen (secondary N) is 2. The summed E-state index contributed by atoms with van der Waals surface area (Å²) in [6, 6.07) is 8.36. The summed E-state index contributed by atoms with van der Waals surface area (Å²) in [6.07, 6.45) is -10.8. The maximum absolute atomic E-state index is 13.5. The third-order valence-electron chi connectivity index (χ3n) is 3.23. The largest absolute Gasteiger partial charge is 0.439 e. The first-order chi connectivity index (χ1) is 12.0. The Kier molecular flexibility index (Phi) is 5.49. The van der Waals surface area contributed by atoms with Crippen LogP contribution in [-0.4, -0.2) is 28.9 Å². The predicted octanol–water partition coefficient (Wildman–Crippen LogP) is 4.51. The number of benzene rings is 1. The zero-order chi connectivity index (χ0) is 19.6. The molecular weight excluding hydrogens is 432 g/mol. The first kappa shape index (κ1) is 20.0. The van der Waals surface area contributed by atoms with E-state index in [1.54, 1.807) is 0 Å². The molecule has 0 aliphatic heterocycles. The molecule has 0 saturated heterocycles. The SMILES string of the molecule is O=C(NC(Nc1ccc(Br)cn1)(C(F)(F)F)C(F)(F)F)c1ccccc1. The van der Waals surface area contributed by atoms with E-state index in [9.17, 15) is 31.1 Å². The van der Waals surface area contributed by atoms with Crippen LogP contribution in [0.15, 0.2) is 53.1 Å². The molecule has 26 heavy (non-hydrogen) atoms. The summed E-state index contributed by atoms with van der Waals surface area (Å²) in [6.45, 7) is 0. The van der Waals surface area contributed by atoms with Gasteiger partial charge in [-0.25, -0.2) is 4.98 Å². The highest BCUT2D eigenvalue weighted by molar-refractivity contribution is 9.10. The number of pyridine rings is 1. The molecule has 2 rings (SSSR count). The van der Waals surface area contributed by atoms with Gasteiger partial charge in [-0.15, -0.1) is 0 Å². The molecule has 4 nitrogen and oxygen atoms in total. The standard InChI is InChI=1S/C15H10BrF6N3O/c16-10-6-7-11(23-8-10)24-13(14(17,18)19,15(20,21)22)25-12(26)9-4-2-1-3-5-9/h1-8H,(H,23,24)(H,25,26). The van der Waals surface area contributed by atoms with E-state index in [1.165, 1.54) is 29.6 Å². The van der Waals surface area contributed by atoms with Crippen LogP contribution in [0.3, 0.4) is 0 Å². The molecule has 2 N–H and O–H groups in total. The maximum Gasteiger partial charge on any atom is 0.439 e. The molecule has 140 valence electrons. The van der Waals surface area contributed by atoms with E-state index in [4.69, 9.17) is 0 Å². The molecule has 11 heteroatoms. The number of halogens is 7. The molecule has 1 heterocycles. The number of rotatable bonds is 4. The number of alkyl halides is 6. The molecule has 2 aromatic rings. The highest BCUT2D eigenvalue weighted by Crippen LogP contribution is 2.43. The Morgan fingerprint density at radius 2 is 1.50 bits per heavy atom. The average Bonchev–Trinajstić information content (AvgIpc) is 2.54. The molecule has 0 spiro atoms. The number of hydrogen-bond acceptors (Lipinski definition) is 3. The topological polar surface area (TPSA) is 54.0 Å². The van der Waals surface area contributed by atoms with E-state index in [0.29, 0.717) is 4.47 Å². The van der Waals surface area contributed by atoms with Crippen LogP contribution in [0.2, 0.25) is 0 Å². The number of hydrogen-bond donors (Lipinski definition) is 2. The van der Waals surface area contributed by atoms with Crippen molar-refractivity contribution in [1.29, 1.82) is 0 Å². The number of aromatic nitrogens is 1. The first-order valence-electron chi connectivity index (χ1n) is 6.87. The summed E-state index contributed by atoms with van der Waals surface area (Å²) in [4.78, 5) is 15.5. The second-order valence-corrected chi connectivity index (χ2v) is 5.97. The maximum atomic E-state index is 13.5. The van der Waals surface area contributed by atoms with Gasteiger partial charge in [0.05, 0.1) is 0 Å². The molecule has 0 radical (unpaired) electrons. The van der Waals surface area contributed by atoms with E-state index in [0.717, 1.165) is 29.7 Å². The number of carbonyl (C=O) groups is 1. The van der Waals surface area contributed by atoms with E-state index < -0.39 is 29.7 Å². The fraction of sp³-hybridized carbons (Fsp3) is 0.200. The van der Waals surface area contributed by atoms with Gasteiger partial charge in [-0.3, -0.25) is 4.79 Å². The summed E-state index contributed by atoms with van der Waals surface area (Å²) in [5.41, 5.74) is -5.09. The van der Waals surface area contributed by atoms with Crippen LogP contribution in [0.25, 0.3) is 0 Å². The Hall–Kier alpha value is -2.30. The Balaban J connectivity index is 2.49. The van der Waals surface area contributed by atoms with Crippen molar-refractivity contribution in [3.63, 3.8) is 0 Å². The molecule has 0 unspecified atom stereocenters. The van der Waals surface area contributed by atoms with Crippen LogP contribution >= 0.6 is 15.9 Å². The average molecular weight is 442 g/mol. The summed E-state index contributed by atoms with van der Waals surface area (Å²) >= 11 is 2.97. The van der Waals surface area contributed by atoms with Crippen LogP contribution < -0.4 is 10.6 Å². The number of amides is 1. The van der Waals surface area contributed by atoms with Gasteiger partial charge >= 0.3 is 18.0 Å². The van der Waals surface area contributed by atoms with Crippen LogP contribution in [0.4, 0.5) is 32.2 Å². The summed E-state index contributed by atoms with van der Waals surface area (Å²) in [5, 5.41) is 2.32. The van der Waals surface area contributed by atoms with Gasteiger partial charge in [0.2, 0.25) is 0 Å². The van der Waals surface area contributed by atoms with Gasteiger partial charge in [0.15, 0.2) is 0 Å². The van der Waals surface area contributed by atoms with Gasteiger partial charge in [-0.05, 0) is 40.2 Å². The van der Waals surface area contributed by atoms with Gasteiger partial charge in [-0.2, -0.15) is 26.3 Å². The predicted molar refractivity (Wildman–Crippen MR) is 84.3 cm³/mol. The molecular formula is C15H10BrF6N3O. The minimum atomic E-state index is -5.91. The molecule has 1 amide bonds. The van der Waals surface area contributed by atoms with E-state index in [-0.39, 0.29) is 5.56 Å². The third kappa shape index (κ3) is 4.09. The Morgan fingerprint density at radius 3 is 1.96 bits per heavy atom. The monoisotopic (exact) mass is 441 g/mol. The van der Waals surface area contributed by atoms with Crippen LogP contribution in [-0.2, 0) is 0 Å². The Labute approximate surface area is 151 Å². The van der Waals surface area contributed by atoms with Crippen molar-refractivity contribution in [1.82, 2.24) is 10.3 Å². The molecule has 0 saturated carbocycles. The van der Waals surface area contributed by atoms with E-state index in [1.807, 2.05) is 0 Å². The fourth-order valence-corrected chi connectivity index (χ4v) is 2.18. The molecule has 0 atom stereocenters. The second-order valence-electron chi connectivity index (χ2n) is 5.05. The number of anilines is 1. The van der Waals surface area contributed by atoms with Gasteiger partial charge in [0.1, 0.15) is 5.82 Å². The third-order valence-corrected chi connectivity index (χ3v) is 3.70. The zero-order valence-electron chi connectivity index (χ0n) is 12.6. The van der Waals surface area contributed by atoms with Crippen molar-refractivity contribution in [2.75, 3.05) is 5.32 Å². The lowest BCUT2D eigenvalue weighted by Gasteiger charge is -2.38. The Morgan fingerprint density at radius 1 is 0.923 bits per heavy atom. The second kappa shape index (κ2) is 7.14. The smallest absolute Gasteiger partial charge is 0.332 e. The van der Waals surface area contributed by atoms with Crippen LogP contribution in [0.1, 0.15) is 10.4 Å². The van der Waals surface area contributed by atoms with Gasteiger partial charge in [0, 0.05) is 16.2 Å². The van der Waals surface area contributed by atoms with Gasteiger partial charge in [0.25, 0.3) is 5.91 Å². The summed E-state index contributed by atoms with van der Waals surface area (Å²) in [5.74, 6) is -2.28. The lowest BCUT2D eigenvalue weighted by atomic mass is 10.1. The zero-order valence-corrected chi connectivity index (χ0v) is 14.2. The quantitative estimate of drug-likeness (QED) is 0.542. The van der Waals surface area contributed by atoms with Crippen molar-refractivity contribution in [3.05, 3.63) is 58.7 Å². The normalized spacial score (nSPS) is 12.6. The van der Waals surface area contributed by atoms with Crippen molar-refractivity contribution in [2.45, 2.75) is 18.0 Å². The van der Waals surface area contributed by atoms with Gasteiger partial charge < -0.3 is 10.6 Å². The summed E-state index contributed by atoms with van der Waals surface area (Å²) in [7, 11) is 0. The Bertz CT molecular complexity index is 748. The fourth-order valence-electron chi connectivity index (χ4n) is 1.95. The highest BCUT2D eigenvalue weighted by Gasteiger charge is 2.72. The minimum absolute atomic E-state index is 0.348. The lowest BCUT2D eigenvalue weighted by Crippen LogP contribution is -2.72. The summed E-state index contributed by atoms with van der Waals surface area (Å²) < 4.78 is 81.2. The van der Waals surface area contributed by atoms with Gasteiger partial charge in [-0.1, -0.05) is 18.2 Å². The first-order valence-corrected chi connectivity index (χ1v) is 7.66. The molecule has 0 aliphatic carbocycles. The van der Waals surface area contributed by atoms with Crippen molar-refractivity contribution in [2.24, 2.45) is 0 Å². The van der Waals surface area contributed by atoms with Crippen molar-refractivity contribution < 1.29 is 31.1 Å². The number of carbonyl (C=O) groups excluding carboxylic acids is 1. The molecule has 1 aromatic heterocycles. The van der Waals surface area contributed by atoms with Crippen molar-refractivity contribution in [3.8, 4) is 0 Å². The highest BCUT2D eigenvalue weighted by atomic mass is 79.9. The van der Waals surface area contributed by atoms with E-state index in [2.05, 4.69) is 20.9 Å². The van der Waals surface area contributed by atoms with Crippen LogP contribution in [0, 0.1) is 0 Å². The number of nitrogens with zero attached hydrogens (tertiary/aromatic N) is 1. The van der Waals surface area contributed by atoms with Crippen LogP contribution in [0.5, 0.6) is 0 Å². The lowest BCUT2D eigenvalue weighted by molar-refractivity contribution is -0.294. The van der Waals surface area contributed by atoms with E-state index >= 15 is 0 Å². The molecule has 0 fully saturated rings. The molecule has 0 aliphatic rings. The molecule has 0 bridgehead atoms. The minimum Gasteiger partial charge on any atom is -0.332 e. The van der Waals surface area contributed by atoms with Crippen molar-refractivity contribution >= 4 is 27.7 Å².